The molecule has 1 aliphatic rings. The largest absolute Gasteiger partial charge is 0.378 e. The summed E-state index contributed by atoms with van der Waals surface area (Å²) in [5.41, 5.74) is 6.59. The minimum absolute atomic E-state index is 0.00207. The zero-order valence-corrected chi connectivity index (χ0v) is 17.1. The summed E-state index contributed by atoms with van der Waals surface area (Å²) in [6, 6.07) is 8.59. The van der Waals surface area contributed by atoms with Crippen LogP contribution in [0.15, 0.2) is 24.3 Å². The van der Waals surface area contributed by atoms with Gasteiger partial charge in [0.05, 0.1) is 18.9 Å². The molecule has 0 spiro atoms. The number of aryl methyl sites for hydroxylation is 1. The molecule has 1 aliphatic heterocycles. The van der Waals surface area contributed by atoms with Gasteiger partial charge in [0.15, 0.2) is 0 Å². The van der Waals surface area contributed by atoms with Crippen molar-refractivity contribution in [2.45, 2.75) is 47.2 Å². The number of anilines is 1. The Morgan fingerprint density at radius 1 is 1.19 bits per heavy atom. The highest BCUT2D eigenvalue weighted by atomic mass is 16.5. The van der Waals surface area contributed by atoms with Gasteiger partial charge in [-0.1, -0.05) is 29.8 Å². The number of nitrogens with one attached hydrogen (secondary N) is 1. The van der Waals surface area contributed by atoms with Crippen LogP contribution in [0.25, 0.3) is 0 Å². The Hall–Kier alpha value is -2.27. The van der Waals surface area contributed by atoms with Crippen LogP contribution in [-0.2, 0) is 11.3 Å². The van der Waals surface area contributed by atoms with E-state index in [1.54, 1.807) is 0 Å². The predicted molar refractivity (Wildman–Crippen MR) is 110 cm³/mol. The molecule has 1 fully saturated rings. The fourth-order valence-corrected chi connectivity index (χ4v) is 3.95. The van der Waals surface area contributed by atoms with Crippen LogP contribution < -0.4 is 10.2 Å². The number of hydrogen-bond donors (Lipinski definition) is 1. The Labute approximate surface area is 162 Å². The van der Waals surface area contributed by atoms with Crippen molar-refractivity contribution in [2.75, 3.05) is 31.2 Å². The molecule has 5 nitrogen and oxygen atoms in total. The molecular formula is C22H31N3O2. The van der Waals surface area contributed by atoms with Crippen LogP contribution in [0.1, 0.15) is 46.7 Å². The maximum Gasteiger partial charge on any atom is 0.268 e. The average molecular weight is 370 g/mol. The van der Waals surface area contributed by atoms with E-state index in [0.717, 1.165) is 43.3 Å². The molecule has 0 radical (unpaired) electrons. The molecule has 0 bridgehead atoms. The molecule has 146 valence electrons. The van der Waals surface area contributed by atoms with E-state index in [0.29, 0.717) is 6.54 Å². The zero-order valence-electron chi connectivity index (χ0n) is 17.1. The van der Waals surface area contributed by atoms with Crippen molar-refractivity contribution < 1.29 is 9.53 Å². The van der Waals surface area contributed by atoms with Crippen molar-refractivity contribution in [3.8, 4) is 0 Å². The third-order valence-electron chi connectivity index (χ3n) is 5.11. The van der Waals surface area contributed by atoms with Crippen LogP contribution in [0.4, 0.5) is 5.69 Å². The minimum atomic E-state index is -0.00207. The predicted octanol–water partition coefficient (Wildman–Crippen LogP) is 3.44. The molecule has 1 N–H and O–H groups in total. The van der Waals surface area contributed by atoms with Gasteiger partial charge in [0.1, 0.15) is 5.69 Å². The molecule has 0 atom stereocenters. The molecule has 1 aromatic carbocycles. The molecule has 1 saturated heterocycles. The number of carbonyl (C=O) groups is 1. The van der Waals surface area contributed by atoms with E-state index < -0.39 is 0 Å². The summed E-state index contributed by atoms with van der Waals surface area (Å²) in [4.78, 5) is 15.4. The second-order valence-electron chi connectivity index (χ2n) is 7.71. The summed E-state index contributed by atoms with van der Waals surface area (Å²) >= 11 is 0. The average Bonchev–Trinajstić information content (AvgIpc) is 2.85. The standard InChI is InChI=1S/C22H31N3O2/c1-15(2)23-22(26)21-17(4)20(24-9-11-27-12-10-24)18(5)25(21)14-19-8-6-7-16(3)13-19/h6-8,13,15H,9-12,14H2,1-5H3,(H,23,26). The number of aromatic nitrogens is 1. The smallest absolute Gasteiger partial charge is 0.268 e. The van der Waals surface area contributed by atoms with Gasteiger partial charge in [0, 0.05) is 36.9 Å². The van der Waals surface area contributed by atoms with Gasteiger partial charge < -0.3 is 19.5 Å². The molecule has 5 heteroatoms. The van der Waals surface area contributed by atoms with Crippen LogP contribution in [0.3, 0.4) is 0 Å². The van der Waals surface area contributed by atoms with Crippen molar-refractivity contribution >= 4 is 11.6 Å². The number of carbonyl (C=O) groups excluding carboxylic acids is 1. The Morgan fingerprint density at radius 2 is 1.89 bits per heavy atom. The van der Waals surface area contributed by atoms with E-state index in [-0.39, 0.29) is 11.9 Å². The first kappa shape index (κ1) is 19.5. The first-order chi connectivity index (χ1) is 12.9. The number of rotatable bonds is 5. The fourth-order valence-electron chi connectivity index (χ4n) is 3.95. The quantitative estimate of drug-likeness (QED) is 0.878. The Morgan fingerprint density at radius 3 is 2.52 bits per heavy atom. The Bertz CT molecular complexity index is 817. The van der Waals surface area contributed by atoms with E-state index in [2.05, 4.69) is 59.8 Å². The lowest BCUT2D eigenvalue weighted by Gasteiger charge is -2.29. The molecule has 0 aliphatic carbocycles. The van der Waals surface area contributed by atoms with Crippen LogP contribution in [-0.4, -0.2) is 42.8 Å². The third kappa shape index (κ3) is 4.19. The van der Waals surface area contributed by atoms with Gasteiger partial charge in [0.25, 0.3) is 5.91 Å². The Balaban J connectivity index is 2.06. The highest BCUT2D eigenvalue weighted by molar-refractivity contribution is 5.96. The van der Waals surface area contributed by atoms with Gasteiger partial charge >= 0.3 is 0 Å². The third-order valence-corrected chi connectivity index (χ3v) is 5.11. The molecule has 3 rings (SSSR count). The molecule has 2 aromatic rings. The molecule has 0 unspecified atom stereocenters. The molecule has 0 saturated carbocycles. The van der Waals surface area contributed by atoms with Gasteiger partial charge in [-0.15, -0.1) is 0 Å². The van der Waals surface area contributed by atoms with Gasteiger partial charge in [0.2, 0.25) is 0 Å². The fraction of sp³-hybridized carbons (Fsp3) is 0.500. The number of nitrogens with zero attached hydrogens (tertiary/aromatic N) is 2. The summed E-state index contributed by atoms with van der Waals surface area (Å²) in [5, 5.41) is 3.08. The lowest BCUT2D eigenvalue weighted by Crippen LogP contribution is -2.37. The summed E-state index contributed by atoms with van der Waals surface area (Å²) in [6.45, 7) is 14.2. The number of morpholine rings is 1. The van der Waals surface area contributed by atoms with Crippen molar-refractivity contribution in [2.24, 2.45) is 0 Å². The van der Waals surface area contributed by atoms with Crippen molar-refractivity contribution in [3.05, 3.63) is 52.3 Å². The number of benzene rings is 1. The Kier molecular flexibility index (Phi) is 5.90. The van der Waals surface area contributed by atoms with Gasteiger partial charge in [-0.3, -0.25) is 4.79 Å². The summed E-state index contributed by atoms with van der Waals surface area (Å²) < 4.78 is 7.69. The van der Waals surface area contributed by atoms with Gasteiger partial charge in [-0.05, 0) is 40.2 Å². The maximum atomic E-state index is 13.0. The summed E-state index contributed by atoms with van der Waals surface area (Å²) in [7, 11) is 0. The topological polar surface area (TPSA) is 46.5 Å². The normalized spacial score (nSPS) is 14.7. The number of amides is 1. The van der Waals surface area contributed by atoms with Gasteiger partial charge in [-0.2, -0.15) is 0 Å². The summed E-state index contributed by atoms with van der Waals surface area (Å²) in [6.07, 6.45) is 0. The monoisotopic (exact) mass is 369 g/mol. The van der Waals surface area contributed by atoms with Crippen LogP contribution in [0, 0.1) is 20.8 Å². The molecule has 1 aromatic heterocycles. The molecule has 27 heavy (non-hydrogen) atoms. The second kappa shape index (κ2) is 8.17. The zero-order chi connectivity index (χ0) is 19.6. The van der Waals surface area contributed by atoms with Crippen LogP contribution in [0.5, 0.6) is 0 Å². The number of ether oxygens (including phenoxy) is 1. The second-order valence-corrected chi connectivity index (χ2v) is 7.71. The molecular weight excluding hydrogens is 338 g/mol. The SMILES string of the molecule is Cc1cccc(Cn2c(C)c(N3CCOCC3)c(C)c2C(=O)NC(C)C)c1. The molecule has 1 amide bonds. The van der Waals surface area contributed by atoms with Crippen LogP contribution in [0.2, 0.25) is 0 Å². The molecule has 2 heterocycles. The van der Waals surface area contributed by atoms with Crippen molar-refractivity contribution in [3.63, 3.8) is 0 Å². The van der Waals surface area contributed by atoms with E-state index in [9.17, 15) is 4.79 Å². The summed E-state index contributed by atoms with van der Waals surface area (Å²) in [5.74, 6) is -0.00207. The lowest BCUT2D eigenvalue weighted by molar-refractivity contribution is 0.0933. The van der Waals surface area contributed by atoms with Gasteiger partial charge in [-0.25, -0.2) is 0 Å². The minimum Gasteiger partial charge on any atom is -0.378 e. The van der Waals surface area contributed by atoms with E-state index in [4.69, 9.17) is 4.74 Å². The maximum absolute atomic E-state index is 13.0. The lowest BCUT2D eigenvalue weighted by atomic mass is 10.1. The number of hydrogen-bond acceptors (Lipinski definition) is 3. The van der Waals surface area contributed by atoms with Crippen molar-refractivity contribution in [1.82, 2.24) is 9.88 Å². The highest BCUT2D eigenvalue weighted by Crippen LogP contribution is 2.32. The first-order valence-corrected chi connectivity index (χ1v) is 9.77. The van der Waals surface area contributed by atoms with Crippen LogP contribution >= 0.6 is 0 Å². The van der Waals surface area contributed by atoms with E-state index in [1.165, 1.54) is 16.8 Å². The van der Waals surface area contributed by atoms with E-state index >= 15 is 0 Å². The van der Waals surface area contributed by atoms with E-state index in [1.807, 2.05) is 13.8 Å². The highest BCUT2D eigenvalue weighted by Gasteiger charge is 2.27. The van der Waals surface area contributed by atoms with Crippen molar-refractivity contribution in [1.29, 1.82) is 0 Å². The first-order valence-electron chi connectivity index (χ1n) is 9.77.